The van der Waals surface area contributed by atoms with Crippen LogP contribution in [0.25, 0.3) is 0 Å². The van der Waals surface area contributed by atoms with Crippen molar-refractivity contribution in [1.29, 1.82) is 0 Å². The monoisotopic (exact) mass is 148 g/mol. The van der Waals surface area contributed by atoms with Crippen molar-refractivity contribution in [2.24, 2.45) is 0 Å². The number of hydrogen-bond donors (Lipinski definition) is 0. The predicted molar refractivity (Wildman–Crippen MR) is 38.8 cm³/mol. The lowest BCUT2D eigenvalue weighted by Crippen LogP contribution is -1.90. The molecular weight excluding hydrogens is 144 g/mol. The van der Waals surface area contributed by atoms with Crippen LogP contribution in [0.2, 0.25) is 0 Å². The van der Waals surface area contributed by atoms with E-state index in [0.29, 0.717) is 5.56 Å². The van der Waals surface area contributed by atoms with Gasteiger partial charge in [0, 0.05) is 6.07 Å². The molecule has 0 N–H and O–H groups in total. The van der Waals surface area contributed by atoms with Gasteiger partial charge in [0.1, 0.15) is 0 Å². The Morgan fingerprint density at radius 2 is 2.36 bits per heavy atom. The van der Waals surface area contributed by atoms with Gasteiger partial charge in [-0.3, -0.25) is 0 Å². The highest BCUT2D eigenvalue weighted by molar-refractivity contribution is 5.33. The van der Waals surface area contributed by atoms with Crippen molar-refractivity contribution in [3.63, 3.8) is 0 Å². The fourth-order valence-corrected chi connectivity index (χ4v) is 0.579. The van der Waals surface area contributed by atoms with Crippen LogP contribution in [-0.2, 0) is 0 Å². The maximum absolute atomic E-state index is 10.1. The van der Waals surface area contributed by atoms with Gasteiger partial charge in [-0.05, 0) is 16.0 Å². The molecule has 0 amide bonds. The third-order valence-electron chi connectivity index (χ3n) is 1.10. The Hall–Kier alpha value is -1.89. The minimum absolute atomic E-state index is 0.191. The van der Waals surface area contributed by atoms with E-state index in [9.17, 15) is 10.1 Å². The van der Waals surface area contributed by atoms with Gasteiger partial charge in [0.05, 0.1) is 5.56 Å². The molecule has 0 saturated heterocycles. The van der Waals surface area contributed by atoms with Crippen LogP contribution >= 0.6 is 0 Å². The summed E-state index contributed by atoms with van der Waals surface area (Å²) in [5.74, 6) is 2.12. The lowest BCUT2D eigenvalue weighted by Gasteiger charge is -1.89. The lowest BCUT2D eigenvalue weighted by molar-refractivity contribution is -0.389. The standard InChI is InChI=1S/C7H4N2O2/c1-2-6-3-4-7(8-5-6)9(10)11/h1,3-5H. The predicted octanol–water partition coefficient (Wildman–Crippen LogP) is 0.971. The second-order valence-electron chi connectivity index (χ2n) is 1.81. The zero-order valence-electron chi connectivity index (χ0n) is 5.52. The highest BCUT2D eigenvalue weighted by Crippen LogP contribution is 2.05. The summed E-state index contributed by atoms with van der Waals surface area (Å²) in [7, 11) is 0. The normalized spacial score (nSPS) is 8.64. The van der Waals surface area contributed by atoms with Crippen molar-refractivity contribution >= 4 is 5.82 Å². The molecule has 0 unspecified atom stereocenters. The molecule has 0 aliphatic rings. The SMILES string of the molecule is C#Cc1ccc([N+](=O)[O-])nc1. The topological polar surface area (TPSA) is 56.0 Å². The van der Waals surface area contributed by atoms with Crippen molar-refractivity contribution in [2.45, 2.75) is 0 Å². The van der Waals surface area contributed by atoms with Gasteiger partial charge in [-0.2, -0.15) is 0 Å². The molecule has 54 valence electrons. The summed E-state index contributed by atoms with van der Waals surface area (Å²) in [6.45, 7) is 0. The van der Waals surface area contributed by atoms with Crippen molar-refractivity contribution in [2.75, 3.05) is 0 Å². The van der Waals surface area contributed by atoms with Gasteiger partial charge in [-0.25, -0.2) is 0 Å². The Bertz CT molecular complexity index is 310. The van der Waals surface area contributed by atoms with E-state index in [2.05, 4.69) is 10.9 Å². The first-order chi connectivity index (χ1) is 5.24. The maximum Gasteiger partial charge on any atom is 0.363 e. The van der Waals surface area contributed by atoms with E-state index in [1.807, 2.05) is 0 Å². The number of aromatic nitrogens is 1. The molecule has 4 nitrogen and oxygen atoms in total. The van der Waals surface area contributed by atoms with Gasteiger partial charge in [-0.1, -0.05) is 5.92 Å². The number of hydrogen-bond acceptors (Lipinski definition) is 3. The van der Waals surface area contributed by atoms with Crippen LogP contribution in [0.4, 0.5) is 5.82 Å². The van der Waals surface area contributed by atoms with Crippen molar-refractivity contribution < 1.29 is 4.92 Å². The van der Waals surface area contributed by atoms with Gasteiger partial charge in [0.2, 0.25) is 0 Å². The third-order valence-corrected chi connectivity index (χ3v) is 1.10. The number of nitrogens with zero attached hydrogens (tertiary/aromatic N) is 2. The molecule has 0 aliphatic carbocycles. The highest BCUT2D eigenvalue weighted by Gasteiger charge is 2.03. The summed E-state index contributed by atoms with van der Waals surface area (Å²) in [5.41, 5.74) is 0.538. The quantitative estimate of drug-likeness (QED) is 0.338. The second-order valence-corrected chi connectivity index (χ2v) is 1.81. The highest BCUT2D eigenvalue weighted by atomic mass is 16.6. The van der Waals surface area contributed by atoms with Gasteiger partial charge in [0.15, 0.2) is 6.20 Å². The van der Waals surface area contributed by atoms with Crippen molar-refractivity contribution in [3.05, 3.63) is 34.0 Å². The molecule has 0 spiro atoms. The molecule has 0 radical (unpaired) electrons. The molecule has 0 aliphatic heterocycles. The zero-order valence-corrected chi connectivity index (χ0v) is 5.52. The number of terminal acetylenes is 1. The van der Waals surface area contributed by atoms with Crippen LogP contribution in [0.15, 0.2) is 18.3 Å². The minimum atomic E-state index is -0.569. The van der Waals surface area contributed by atoms with Crippen LogP contribution in [-0.4, -0.2) is 9.91 Å². The van der Waals surface area contributed by atoms with E-state index in [4.69, 9.17) is 6.42 Å². The molecule has 11 heavy (non-hydrogen) atoms. The average Bonchev–Trinajstić information content (AvgIpc) is 2.05. The van der Waals surface area contributed by atoms with Gasteiger partial charge < -0.3 is 10.1 Å². The summed E-state index contributed by atoms with van der Waals surface area (Å²) in [5, 5.41) is 10.1. The Labute approximate surface area is 63.0 Å². The number of rotatable bonds is 1. The Morgan fingerprint density at radius 1 is 1.64 bits per heavy atom. The smallest absolute Gasteiger partial charge is 0.358 e. The first kappa shape index (κ1) is 7.22. The fourth-order valence-electron chi connectivity index (χ4n) is 0.579. The van der Waals surface area contributed by atoms with Crippen LogP contribution < -0.4 is 0 Å². The summed E-state index contributed by atoms with van der Waals surface area (Å²) in [4.78, 5) is 13.0. The first-order valence-electron chi connectivity index (χ1n) is 2.81. The summed E-state index contributed by atoms with van der Waals surface area (Å²) in [6.07, 6.45) is 6.31. The first-order valence-corrected chi connectivity index (χ1v) is 2.81. The van der Waals surface area contributed by atoms with Crippen LogP contribution in [0, 0.1) is 22.5 Å². The third kappa shape index (κ3) is 1.52. The van der Waals surface area contributed by atoms with E-state index < -0.39 is 4.92 Å². The Balaban J connectivity index is 3.03. The minimum Gasteiger partial charge on any atom is -0.358 e. The number of pyridine rings is 1. The lowest BCUT2D eigenvalue weighted by atomic mass is 10.3. The summed E-state index contributed by atoms with van der Waals surface area (Å²) >= 11 is 0. The molecule has 0 aromatic carbocycles. The Morgan fingerprint density at radius 3 is 2.73 bits per heavy atom. The molecule has 1 rings (SSSR count). The molecule has 0 saturated carbocycles. The van der Waals surface area contributed by atoms with Gasteiger partial charge >= 0.3 is 5.82 Å². The van der Waals surface area contributed by atoms with E-state index in [1.165, 1.54) is 18.3 Å². The molecule has 1 aromatic rings. The van der Waals surface area contributed by atoms with E-state index >= 15 is 0 Å². The van der Waals surface area contributed by atoms with Gasteiger partial charge in [0.25, 0.3) is 0 Å². The molecule has 0 fully saturated rings. The maximum atomic E-state index is 10.1. The van der Waals surface area contributed by atoms with Gasteiger partial charge in [-0.15, -0.1) is 6.42 Å². The van der Waals surface area contributed by atoms with Crippen LogP contribution in [0.5, 0.6) is 0 Å². The molecule has 0 bridgehead atoms. The van der Waals surface area contributed by atoms with Crippen LogP contribution in [0.3, 0.4) is 0 Å². The number of nitro groups is 1. The fraction of sp³-hybridized carbons (Fsp3) is 0. The van der Waals surface area contributed by atoms with Crippen molar-refractivity contribution in [3.8, 4) is 12.3 Å². The largest absolute Gasteiger partial charge is 0.363 e. The molecular formula is C7H4N2O2. The summed E-state index contributed by atoms with van der Waals surface area (Å²) in [6, 6.07) is 2.75. The molecule has 1 heterocycles. The molecule has 4 heteroatoms. The van der Waals surface area contributed by atoms with E-state index in [1.54, 1.807) is 0 Å². The van der Waals surface area contributed by atoms with E-state index in [0.717, 1.165) is 0 Å². The van der Waals surface area contributed by atoms with Crippen LogP contribution in [0.1, 0.15) is 5.56 Å². The Kier molecular flexibility index (Phi) is 1.83. The molecule has 0 atom stereocenters. The molecule has 1 aromatic heterocycles. The van der Waals surface area contributed by atoms with E-state index in [-0.39, 0.29) is 5.82 Å². The summed E-state index contributed by atoms with van der Waals surface area (Å²) < 4.78 is 0. The second kappa shape index (κ2) is 2.80. The average molecular weight is 148 g/mol. The zero-order chi connectivity index (χ0) is 8.27. The van der Waals surface area contributed by atoms with Crippen molar-refractivity contribution in [1.82, 2.24) is 4.98 Å².